The van der Waals surface area contributed by atoms with Crippen LogP contribution in [-0.2, 0) is 4.79 Å². The van der Waals surface area contributed by atoms with Gasteiger partial charge in [-0.25, -0.2) is 4.39 Å². The van der Waals surface area contributed by atoms with Crippen LogP contribution in [0.1, 0.15) is 34.8 Å². The van der Waals surface area contributed by atoms with E-state index in [0.717, 1.165) is 0 Å². The molecule has 0 saturated heterocycles. The molecule has 0 spiro atoms. The zero-order valence-electron chi connectivity index (χ0n) is 13.3. The molecular formula is C18H18FNO3. The topological polar surface area (TPSA) is 55.4 Å². The van der Waals surface area contributed by atoms with Gasteiger partial charge < -0.3 is 10.1 Å². The van der Waals surface area contributed by atoms with E-state index < -0.39 is 0 Å². The van der Waals surface area contributed by atoms with E-state index in [9.17, 15) is 14.0 Å². The standard InChI is InChI=1S/C18H18FNO3/c1-4-17(21)20-15-10-13(6-8-16(15)23-3)18(22)12-5-7-14(19)11(2)9-12/h5-10H,4H2,1-3H3,(H,20,21). The van der Waals surface area contributed by atoms with Crippen LogP contribution in [0.25, 0.3) is 0 Å². The van der Waals surface area contributed by atoms with Crippen molar-refractivity contribution in [3.8, 4) is 5.75 Å². The SMILES string of the molecule is CCC(=O)Nc1cc(C(=O)c2ccc(F)c(C)c2)ccc1OC. The van der Waals surface area contributed by atoms with E-state index in [2.05, 4.69) is 5.32 Å². The number of rotatable bonds is 5. The Morgan fingerprint density at radius 1 is 1.13 bits per heavy atom. The maximum Gasteiger partial charge on any atom is 0.224 e. The molecule has 2 aromatic carbocycles. The number of hydrogen-bond acceptors (Lipinski definition) is 3. The van der Waals surface area contributed by atoms with Crippen LogP contribution in [0.15, 0.2) is 36.4 Å². The number of carbonyl (C=O) groups is 2. The molecule has 0 aliphatic heterocycles. The molecule has 0 saturated carbocycles. The summed E-state index contributed by atoms with van der Waals surface area (Å²) in [6, 6.07) is 9.01. The first-order valence-electron chi connectivity index (χ1n) is 7.25. The van der Waals surface area contributed by atoms with Crippen LogP contribution < -0.4 is 10.1 Å². The van der Waals surface area contributed by atoms with Crippen molar-refractivity contribution in [2.45, 2.75) is 20.3 Å². The Morgan fingerprint density at radius 2 is 1.78 bits per heavy atom. The molecule has 0 aliphatic carbocycles. The summed E-state index contributed by atoms with van der Waals surface area (Å²) in [5, 5.41) is 2.70. The molecule has 2 aromatic rings. The number of amides is 1. The number of carbonyl (C=O) groups excluding carboxylic acids is 2. The monoisotopic (exact) mass is 315 g/mol. The van der Waals surface area contributed by atoms with Crippen molar-refractivity contribution in [3.63, 3.8) is 0 Å². The minimum Gasteiger partial charge on any atom is -0.495 e. The summed E-state index contributed by atoms with van der Waals surface area (Å²) in [6.45, 7) is 3.34. The first-order chi connectivity index (χ1) is 11.0. The predicted octanol–water partition coefficient (Wildman–Crippen LogP) is 3.72. The smallest absolute Gasteiger partial charge is 0.224 e. The van der Waals surface area contributed by atoms with Gasteiger partial charge >= 0.3 is 0 Å². The van der Waals surface area contributed by atoms with E-state index >= 15 is 0 Å². The van der Waals surface area contributed by atoms with Crippen molar-refractivity contribution in [1.82, 2.24) is 0 Å². The van der Waals surface area contributed by atoms with Gasteiger partial charge in [-0.15, -0.1) is 0 Å². The lowest BCUT2D eigenvalue weighted by atomic mass is 10.0. The third-order valence-electron chi connectivity index (χ3n) is 3.48. The Kier molecular flexibility index (Phi) is 5.11. The Hall–Kier alpha value is -2.69. The molecule has 0 aliphatic rings. The lowest BCUT2D eigenvalue weighted by Gasteiger charge is -2.11. The molecule has 0 heterocycles. The highest BCUT2D eigenvalue weighted by atomic mass is 19.1. The number of anilines is 1. The Morgan fingerprint density at radius 3 is 2.39 bits per heavy atom. The fraction of sp³-hybridized carbons (Fsp3) is 0.222. The minimum absolute atomic E-state index is 0.175. The maximum atomic E-state index is 13.3. The van der Waals surface area contributed by atoms with Crippen LogP contribution in [0, 0.1) is 12.7 Å². The normalized spacial score (nSPS) is 10.3. The van der Waals surface area contributed by atoms with Crippen molar-refractivity contribution in [2.75, 3.05) is 12.4 Å². The number of hydrogen-bond donors (Lipinski definition) is 1. The molecule has 1 amide bonds. The van der Waals surface area contributed by atoms with Crippen molar-refractivity contribution < 1.29 is 18.7 Å². The van der Waals surface area contributed by atoms with Gasteiger partial charge in [0.1, 0.15) is 11.6 Å². The molecule has 120 valence electrons. The van der Waals surface area contributed by atoms with Crippen molar-refractivity contribution in [2.24, 2.45) is 0 Å². The average Bonchev–Trinajstić information content (AvgIpc) is 2.56. The fourth-order valence-electron chi connectivity index (χ4n) is 2.14. The second kappa shape index (κ2) is 7.05. The molecule has 0 aromatic heterocycles. The molecule has 23 heavy (non-hydrogen) atoms. The van der Waals surface area contributed by atoms with Crippen LogP contribution in [0.2, 0.25) is 0 Å². The number of ether oxygens (including phenoxy) is 1. The summed E-state index contributed by atoms with van der Waals surface area (Å²) >= 11 is 0. The molecule has 0 bridgehead atoms. The molecule has 0 atom stereocenters. The lowest BCUT2D eigenvalue weighted by molar-refractivity contribution is -0.115. The van der Waals surface area contributed by atoms with Gasteiger partial charge in [0, 0.05) is 17.5 Å². The van der Waals surface area contributed by atoms with Crippen LogP contribution in [0.3, 0.4) is 0 Å². The average molecular weight is 315 g/mol. The van der Waals surface area contributed by atoms with Crippen molar-refractivity contribution >= 4 is 17.4 Å². The van der Waals surface area contributed by atoms with E-state index in [1.807, 2.05) is 0 Å². The summed E-state index contributed by atoms with van der Waals surface area (Å²) in [5.74, 6) is -0.306. The number of ketones is 1. The molecule has 0 radical (unpaired) electrons. The van der Waals surface area contributed by atoms with Crippen molar-refractivity contribution in [1.29, 1.82) is 0 Å². The van der Waals surface area contributed by atoms with Gasteiger partial charge in [-0.3, -0.25) is 9.59 Å². The molecular weight excluding hydrogens is 297 g/mol. The maximum absolute atomic E-state index is 13.3. The number of aryl methyl sites for hydroxylation is 1. The lowest BCUT2D eigenvalue weighted by Crippen LogP contribution is -2.11. The highest BCUT2D eigenvalue weighted by molar-refractivity contribution is 6.10. The summed E-state index contributed by atoms with van der Waals surface area (Å²) in [7, 11) is 1.49. The van der Waals surface area contributed by atoms with E-state index in [1.165, 1.54) is 25.3 Å². The third kappa shape index (κ3) is 3.74. The van der Waals surface area contributed by atoms with Crippen LogP contribution in [-0.4, -0.2) is 18.8 Å². The largest absolute Gasteiger partial charge is 0.495 e. The Bertz CT molecular complexity index is 756. The minimum atomic E-state index is -0.354. The van der Waals surface area contributed by atoms with E-state index in [4.69, 9.17) is 4.74 Å². The zero-order valence-corrected chi connectivity index (χ0v) is 13.3. The predicted molar refractivity (Wildman–Crippen MR) is 86.5 cm³/mol. The number of benzene rings is 2. The first kappa shape index (κ1) is 16.7. The second-order valence-electron chi connectivity index (χ2n) is 5.11. The van der Waals surface area contributed by atoms with Crippen LogP contribution >= 0.6 is 0 Å². The van der Waals surface area contributed by atoms with E-state index in [-0.39, 0.29) is 17.5 Å². The van der Waals surface area contributed by atoms with Gasteiger partial charge in [0.2, 0.25) is 5.91 Å². The van der Waals surface area contributed by atoms with Crippen molar-refractivity contribution in [3.05, 3.63) is 58.9 Å². The van der Waals surface area contributed by atoms with Gasteiger partial charge in [0.05, 0.1) is 12.8 Å². The summed E-state index contributed by atoms with van der Waals surface area (Å²) < 4.78 is 18.5. The number of nitrogens with one attached hydrogen (secondary N) is 1. The van der Waals surface area contributed by atoms with Gasteiger partial charge in [-0.05, 0) is 48.9 Å². The molecule has 5 heteroatoms. The van der Waals surface area contributed by atoms with Gasteiger partial charge in [-0.1, -0.05) is 6.92 Å². The summed E-state index contributed by atoms with van der Waals surface area (Å²) in [4.78, 5) is 24.1. The quantitative estimate of drug-likeness (QED) is 0.856. The Labute approximate surface area is 134 Å². The molecule has 4 nitrogen and oxygen atoms in total. The highest BCUT2D eigenvalue weighted by Gasteiger charge is 2.14. The summed E-state index contributed by atoms with van der Waals surface area (Å²) in [6.07, 6.45) is 0.318. The van der Waals surface area contributed by atoms with Crippen LogP contribution in [0.5, 0.6) is 5.75 Å². The molecule has 0 unspecified atom stereocenters. The zero-order chi connectivity index (χ0) is 17.0. The second-order valence-corrected chi connectivity index (χ2v) is 5.11. The van der Waals surface area contributed by atoms with Gasteiger partial charge in [0.25, 0.3) is 0 Å². The summed E-state index contributed by atoms with van der Waals surface area (Å²) in [5.41, 5.74) is 1.62. The molecule has 1 N–H and O–H groups in total. The van der Waals surface area contributed by atoms with E-state index in [0.29, 0.717) is 34.5 Å². The Balaban J connectivity index is 2.38. The first-order valence-corrected chi connectivity index (χ1v) is 7.25. The van der Waals surface area contributed by atoms with Crippen LogP contribution in [0.4, 0.5) is 10.1 Å². The van der Waals surface area contributed by atoms with Gasteiger partial charge in [-0.2, -0.15) is 0 Å². The van der Waals surface area contributed by atoms with Gasteiger partial charge in [0.15, 0.2) is 5.78 Å². The highest BCUT2D eigenvalue weighted by Crippen LogP contribution is 2.27. The molecule has 0 fully saturated rings. The third-order valence-corrected chi connectivity index (χ3v) is 3.48. The number of methoxy groups -OCH3 is 1. The fourth-order valence-corrected chi connectivity index (χ4v) is 2.14. The number of halogens is 1. The molecule has 2 rings (SSSR count). The van der Waals surface area contributed by atoms with E-state index in [1.54, 1.807) is 32.0 Å².